The summed E-state index contributed by atoms with van der Waals surface area (Å²) in [6.07, 6.45) is 0. The van der Waals surface area contributed by atoms with Crippen LogP contribution in [0.4, 0.5) is 5.69 Å². The molecule has 1 aromatic rings. The Morgan fingerprint density at radius 1 is 1.35 bits per heavy atom. The number of hydrogen-bond acceptors (Lipinski definition) is 4. The zero-order valence-corrected chi connectivity index (χ0v) is 10.0. The van der Waals surface area contributed by atoms with Gasteiger partial charge in [0.15, 0.2) is 6.61 Å². The van der Waals surface area contributed by atoms with Gasteiger partial charge in [-0.05, 0) is 31.2 Å². The molecule has 0 aromatic heterocycles. The van der Waals surface area contributed by atoms with E-state index in [9.17, 15) is 13.2 Å². The molecule has 0 saturated heterocycles. The fourth-order valence-electron chi connectivity index (χ4n) is 1.02. The van der Waals surface area contributed by atoms with Crippen molar-refractivity contribution in [3.05, 3.63) is 24.3 Å². The molecule has 0 spiro atoms. The van der Waals surface area contributed by atoms with Crippen LogP contribution in [-0.4, -0.2) is 31.9 Å². The number of aliphatic carboxylic acids is 1. The van der Waals surface area contributed by atoms with Crippen molar-refractivity contribution in [1.82, 2.24) is 0 Å². The number of benzene rings is 1. The minimum absolute atomic E-state index is 0.00966. The first kappa shape index (κ1) is 13.3. The monoisotopic (exact) mass is 259 g/mol. The van der Waals surface area contributed by atoms with Crippen molar-refractivity contribution in [3.63, 3.8) is 0 Å². The molecule has 1 rings (SSSR count). The normalized spacial score (nSPS) is 10.9. The maximum atomic E-state index is 11.2. The molecule has 0 radical (unpaired) electrons. The van der Waals surface area contributed by atoms with E-state index in [0.717, 1.165) is 0 Å². The number of sulfonamides is 1. The number of carboxylic acids is 1. The van der Waals surface area contributed by atoms with Crippen molar-refractivity contribution in [2.24, 2.45) is 0 Å². The van der Waals surface area contributed by atoms with Crippen molar-refractivity contribution in [2.45, 2.75) is 6.92 Å². The van der Waals surface area contributed by atoms with Crippen LogP contribution in [0.1, 0.15) is 6.92 Å². The molecule has 6 nitrogen and oxygen atoms in total. The topological polar surface area (TPSA) is 92.7 Å². The third kappa shape index (κ3) is 4.73. The van der Waals surface area contributed by atoms with Gasteiger partial charge >= 0.3 is 5.97 Å². The van der Waals surface area contributed by atoms with Crippen LogP contribution in [0, 0.1) is 0 Å². The third-order valence-corrected chi connectivity index (χ3v) is 3.18. The second-order valence-electron chi connectivity index (χ2n) is 3.21. The van der Waals surface area contributed by atoms with E-state index in [0.29, 0.717) is 11.4 Å². The lowest BCUT2D eigenvalue weighted by atomic mass is 10.3. The Hall–Kier alpha value is -1.76. The first-order chi connectivity index (χ1) is 7.93. The van der Waals surface area contributed by atoms with Crippen LogP contribution in [0.5, 0.6) is 5.75 Å². The summed E-state index contributed by atoms with van der Waals surface area (Å²) in [5.74, 6) is -0.711. The van der Waals surface area contributed by atoms with Gasteiger partial charge in [-0.1, -0.05) is 0 Å². The molecule has 0 aliphatic rings. The highest BCUT2D eigenvalue weighted by molar-refractivity contribution is 7.92. The van der Waals surface area contributed by atoms with Crippen LogP contribution >= 0.6 is 0 Å². The van der Waals surface area contributed by atoms with E-state index in [2.05, 4.69) is 4.72 Å². The molecular weight excluding hydrogens is 246 g/mol. The van der Waals surface area contributed by atoms with Gasteiger partial charge in [-0.3, -0.25) is 4.72 Å². The second-order valence-corrected chi connectivity index (χ2v) is 5.22. The number of carbonyl (C=O) groups is 1. The Morgan fingerprint density at radius 3 is 2.41 bits per heavy atom. The summed E-state index contributed by atoms with van der Waals surface area (Å²) in [6, 6.07) is 6.00. The SMILES string of the molecule is CCS(=O)(=O)Nc1ccc(OCC(=O)O)cc1. The predicted molar refractivity (Wildman–Crippen MR) is 62.7 cm³/mol. The van der Waals surface area contributed by atoms with Crippen LogP contribution < -0.4 is 9.46 Å². The maximum absolute atomic E-state index is 11.2. The van der Waals surface area contributed by atoms with E-state index in [-0.39, 0.29) is 5.75 Å². The first-order valence-electron chi connectivity index (χ1n) is 4.88. The van der Waals surface area contributed by atoms with Gasteiger partial charge in [0.2, 0.25) is 10.0 Å². The molecule has 0 unspecified atom stereocenters. The molecule has 17 heavy (non-hydrogen) atoms. The van der Waals surface area contributed by atoms with E-state index in [1.54, 1.807) is 0 Å². The lowest BCUT2D eigenvalue weighted by Crippen LogP contribution is -2.14. The molecule has 0 bridgehead atoms. The Kier molecular flexibility index (Phi) is 4.33. The summed E-state index contributed by atoms with van der Waals surface area (Å²) >= 11 is 0. The van der Waals surface area contributed by atoms with Gasteiger partial charge in [-0.25, -0.2) is 13.2 Å². The summed E-state index contributed by atoms with van der Waals surface area (Å²) in [5, 5.41) is 8.40. The standard InChI is InChI=1S/C10H13NO5S/c1-2-17(14,15)11-8-3-5-9(6-4-8)16-7-10(12)13/h3-6,11H,2,7H2,1H3,(H,12,13). The average Bonchev–Trinajstić information content (AvgIpc) is 2.28. The summed E-state index contributed by atoms with van der Waals surface area (Å²) in [6.45, 7) is 1.10. The van der Waals surface area contributed by atoms with E-state index < -0.39 is 22.6 Å². The Bertz CT molecular complexity index is 480. The fraction of sp³-hybridized carbons (Fsp3) is 0.300. The Labute approximate surface area is 99.3 Å². The molecule has 94 valence electrons. The van der Waals surface area contributed by atoms with Gasteiger partial charge in [0.05, 0.1) is 5.75 Å². The predicted octanol–water partition coefficient (Wildman–Crippen LogP) is 0.912. The van der Waals surface area contributed by atoms with Crippen LogP contribution in [0.15, 0.2) is 24.3 Å². The number of ether oxygens (including phenoxy) is 1. The van der Waals surface area contributed by atoms with Crippen LogP contribution in [0.3, 0.4) is 0 Å². The van der Waals surface area contributed by atoms with Crippen molar-refractivity contribution in [1.29, 1.82) is 0 Å². The number of nitrogens with one attached hydrogen (secondary N) is 1. The van der Waals surface area contributed by atoms with Crippen molar-refractivity contribution in [3.8, 4) is 5.75 Å². The third-order valence-electron chi connectivity index (χ3n) is 1.87. The zero-order chi connectivity index (χ0) is 12.9. The summed E-state index contributed by atoms with van der Waals surface area (Å²) in [5.41, 5.74) is 0.412. The zero-order valence-electron chi connectivity index (χ0n) is 9.21. The van der Waals surface area contributed by atoms with Crippen molar-refractivity contribution in [2.75, 3.05) is 17.1 Å². The molecule has 0 aliphatic heterocycles. The Morgan fingerprint density at radius 2 is 1.94 bits per heavy atom. The van der Waals surface area contributed by atoms with Gasteiger partial charge in [0, 0.05) is 5.69 Å². The average molecular weight is 259 g/mol. The van der Waals surface area contributed by atoms with Gasteiger partial charge < -0.3 is 9.84 Å². The molecule has 0 atom stereocenters. The number of hydrogen-bond donors (Lipinski definition) is 2. The first-order valence-corrected chi connectivity index (χ1v) is 6.53. The van der Waals surface area contributed by atoms with Gasteiger partial charge in [0.25, 0.3) is 0 Å². The summed E-state index contributed by atoms with van der Waals surface area (Å²) < 4.78 is 29.8. The smallest absolute Gasteiger partial charge is 0.341 e. The minimum atomic E-state index is -3.30. The van der Waals surface area contributed by atoms with Gasteiger partial charge in [-0.2, -0.15) is 0 Å². The van der Waals surface area contributed by atoms with Crippen LogP contribution in [-0.2, 0) is 14.8 Å². The van der Waals surface area contributed by atoms with Gasteiger partial charge in [0.1, 0.15) is 5.75 Å². The minimum Gasteiger partial charge on any atom is -0.482 e. The lowest BCUT2D eigenvalue weighted by molar-refractivity contribution is -0.139. The summed E-state index contributed by atoms with van der Waals surface area (Å²) in [7, 11) is -3.30. The molecule has 0 aliphatic carbocycles. The molecule has 7 heteroatoms. The number of carboxylic acid groups (broad SMARTS) is 1. The second kappa shape index (κ2) is 5.53. The lowest BCUT2D eigenvalue weighted by Gasteiger charge is -2.07. The Balaban J connectivity index is 2.65. The molecular formula is C10H13NO5S. The molecule has 0 amide bonds. The van der Waals surface area contributed by atoms with E-state index in [4.69, 9.17) is 9.84 Å². The largest absolute Gasteiger partial charge is 0.482 e. The van der Waals surface area contributed by atoms with Gasteiger partial charge in [-0.15, -0.1) is 0 Å². The van der Waals surface area contributed by atoms with E-state index in [1.807, 2.05) is 0 Å². The quantitative estimate of drug-likeness (QED) is 0.792. The molecule has 2 N–H and O–H groups in total. The number of rotatable bonds is 6. The number of anilines is 1. The molecule has 0 fully saturated rings. The fourth-order valence-corrected chi connectivity index (χ4v) is 1.66. The highest BCUT2D eigenvalue weighted by atomic mass is 32.2. The molecule has 1 aromatic carbocycles. The highest BCUT2D eigenvalue weighted by Crippen LogP contribution is 2.16. The molecule has 0 saturated carbocycles. The van der Waals surface area contributed by atoms with Crippen LogP contribution in [0.2, 0.25) is 0 Å². The summed E-state index contributed by atoms with van der Waals surface area (Å²) in [4.78, 5) is 10.2. The molecule has 0 heterocycles. The van der Waals surface area contributed by atoms with Crippen LogP contribution in [0.25, 0.3) is 0 Å². The van der Waals surface area contributed by atoms with Crippen molar-refractivity contribution < 1.29 is 23.1 Å². The van der Waals surface area contributed by atoms with E-state index >= 15 is 0 Å². The van der Waals surface area contributed by atoms with E-state index in [1.165, 1.54) is 31.2 Å². The van der Waals surface area contributed by atoms with Crippen molar-refractivity contribution >= 4 is 21.7 Å². The maximum Gasteiger partial charge on any atom is 0.341 e. The highest BCUT2D eigenvalue weighted by Gasteiger charge is 2.06.